The number of imidazole rings is 1. The Hall–Kier alpha value is -1.92. The number of hydrogen-bond donors (Lipinski definition) is 2. The summed E-state index contributed by atoms with van der Waals surface area (Å²) in [6.45, 7) is 6.20. The zero-order valence-electron chi connectivity index (χ0n) is 13.0. The summed E-state index contributed by atoms with van der Waals surface area (Å²) in [4.78, 5) is 20.3. The monoisotopic (exact) mass is 323 g/mol. The fourth-order valence-electron chi connectivity index (χ4n) is 1.89. The minimum absolute atomic E-state index is 0. The maximum atomic E-state index is 11.8. The highest BCUT2D eigenvalue weighted by molar-refractivity contribution is 5.85. The highest BCUT2D eigenvalue weighted by Gasteiger charge is 2.16. The van der Waals surface area contributed by atoms with Crippen LogP contribution in [0.3, 0.4) is 0 Å². The van der Waals surface area contributed by atoms with Crippen LogP contribution in [-0.4, -0.2) is 26.5 Å². The SMILES string of the molecule is Cc1nccn1-c1ccc(CNC(=O)[C@@H](N)C(C)C)cn1.Cl. The van der Waals surface area contributed by atoms with Gasteiger partial charge in [-0.15, -0.1) is 12.4 Å². The molecule has 120 valence electrons. The van der Waals surface area contributed by atoms with Crippen LogP contribution in [0.25, 0.3) is 5.82 Å². The molecule has 0 saturated heterocycles. The summed E-state index contributed by atoms with van der Waals surface area (Å²) in [6, 6.07) is 3.35. The van der Waals surface area contributed by atoms with Crippen molar-refractivity contribution in [2.45, 2.75) is 33.4 Å². The van der Waals surface area contributed by atoms with E-state index in [9.17, 15) is 4.79 Å². The Labute approximate surface area is 136 Å². The molecule has 1 atom stereocenters. The van der Waals surface area contributed by atoms with Crippen molar-refractivity contribution in [3.8, 4) is 5.82 Å². The largest absolute Gasteiger partial charge is 0.351 e. The molecule has 0 unspecified atom stereocenters. The minimum Gasteiger partial charge on any atom is -0.351 e. The second-order valence-corrected chi connectivity index (χ2v) is 5.36. The molecule has 2 aromatic heterocycles. The van der Waals surface area contributed by atoms with E-state index in [1.807, 2.05) is 43.7 Å². The van der Waals surface area contributed by atoms with Crippen LogP contribution in [0.5, 0.6) is 0 Å². The van der Waals surface area contributed by atoms with Gasteiger partial charge in [-0.2, -0.15) is 0 Å². The maximum Gasteiger partial charge on any atom is 0.237 e. The summed E-state index contributed by atoms with van der Waals surface area (Å²) in [6.07, 6.45) is 5.34. The van der Waals surface area contributed by atoms with E-state index in [1.165, 1.54) is 0 Å². The van der Waals surface area contributed by atoms with Gasteiger partial charge in [0.15, 0.2) is 0 Å². The van der Waals surface area contributed by atoms with Gasteiger partial charge in [0, 0.05) is 25.1 Å². The van der Waals surface area contributed by atoms with Crippen LogP contribution >= 0.6 is 12.4 Å². The van der Waals surface area contributed by atoms with Crippen molar-refractivity contribution in [2.24, 2.45) is 11.7 Å². The first-order valence-corrected chi connectivity index (χ1v) is 6.97. The third-order valence-corrected chi connectivity index (χ3v) is 3.37. The van der Waals surface area contributed by atoms with Gasteiger partial charge in [0.05, 0.1) is 6.04 Å². The molecule has 0 aliphatic heterocycles. The summed E-state index contributed by atoms with van der Waals surface area (Å²) in [5.74, 6) is 1.67. The number of amides is 1. The number of hydrogen-bond acceptors (Lipinski definition) is 4. The van der Waals surface area contributed by atoms with Crippen LogP contribution in [-0.2, 0) is 11.3 Å². The topological polar surface area (TPSA) is 85.8 Å². The Bertz CT molecular complexity index is 609. The van der Waals surface area contributed by atoms with Crippen molar-refractivity contribution in [1.82, 2.24) is 19.9 Å². The first-order valence-electron chi connectivity index (χ1n) is 6.97. The zero-order valence-corrected chi connectivity index (χ0v) is 13.8. The average Bonchev–Trinajstić information content (AvgIpc) is 2.90. The number of carbonyl (C=O) groups is 1. The quantitative estimate of drug-likeness (QED) is 0.875. The fraction of sp³-hybridized carbons (Fsp3) is 0.400. The Morgan fingerprint density at radius 1 is 1.36 bits per heavy atom. The van der Waals surface area contributed by atoms with Crippen molar-refractivity contribution in [2.75, 3.05) is 0 Å². The lowest BCUT2D eigenvalue weighted by atomic mass is 10.1. The van der Waals surface area contributed by atoms with Crippen LogP contribution in [0, 0.1) is 12.8 Å². The number of aryl methyl sites for hydroxylation is 1. The van der Waals surface area contributed by atoms with E-state index in [2.05, 4.69) is 15.3 Å². The third kappa shape index (κ3) is 4.29. The molecule has 0 saturated carbocycles. The van der Waals surface area contributed by atoms with E-state index in [1.54, 1.807) is 12.4 Å². The first kappa shape index (κ1) is 18.1. The number of nitrogens with one attached hydrogen (secondary N) is 1. The molecule has 0 aliphatic carbocycles. The van der Waals surface area contributed by atoms with Crippen molar-refractivity contribution < 1.29 is 4.79 Å². The van der Waals surface area contributed by atoms with Gasteiger partial charge in [0.25, 0.3) is 0 Å². The minimum atomic E-state index is -0.481. The van der Waals surface area contributed by atoms with Crippen LogP contribution < -0.4 is 11.1 Å². The molecule has 22 heavy (non-hydrogen) atoms. The van der Waals surface area contributed by atoms with Gasteiger partial charge < -0.3 is 11.1 Å². The van der Waals surface area contributed by atoms with Crippen molar-refractivity contribution >= 4 is 18.3 Å². The molecular weight excluding hydrogens is 302 g/mol. The van der Waals surface area contributed by atoms with E-state index < -0.39 is 6.04 Å². The molecule has 1 amide bonds. The number of carbonyl (C=O) groups excluding carboxylic acids is 1. The Morgan fingerprint density at radius 3 is 2.59 bits per heavy atom. The van der Waals surface area contributed by atoms with Gasteiger partial charge >= 0.3 is 0 Å². The summed E-state index contributed by atoms with van der Waals surface area (Å²) in [5, 5.41) is 2.82. The lowest BCUT2D eigenvalue weighted by molar-refractivity contribution is -0.123. The smallest absolute Gasteiger partial charge is 0.237 e. The van der Waals surface area contributed by atoms with E-state index in [0.29, 0.717) is 6.54 Å². The molecule has 2 rings (SSSR count). The molecule has 0 aliphatic rings. The second-order valence-electron chi connectivity index (χ2n) is 5.36. The average molecular weight is 324 g/mol. The van der Waals surface area contributed by atoms with Gasteiger partial charge in [-0.25, -0.2) is 9.97 Å². The number of halogens is 1. The summed E-state index contributed by atoms with van der Waals surface area (Å²) < 4.78 is 1.90. The second kappa shape index (κ2) is 7.91. The van der Waals surface area contributed by atoms with E-state index in [0.717, 1.165) is 17.2 Å². The summed E-state index contributed by atoms with van der Waals surface area (Å²) >= 11 is 0. The number of nitrogens with zero attached hydrogens (tertiary/aromatic N) is 3. The van der Waals surface area contributed by atoms with Crippen molar-refractivity contribution in [3.63, 3.8) is 0 Å². The summed E-state index contributed by atoms with van der Waals surface area (Å²) in [7, 11) is 0. The fourth-order valence-corrected chi connectivity index (χ4v) is 1.89. The molecule has 6 nitrogen and oxygen atoms in total. The van der Waals surface area contributed by atoms with Crippen molar-refractivity contribution in [3.05, 3.63) is 42.1 Å². The summed E-state index contributed by atoms with van der Waals surface area (Å²) in [5.41, 5.74) is 6.72. The van der Waals surface area contributed by atoms with Crippen LogP contribution in [0.15, 0.2) is 30.7 Å². The van der Waals surface area contributed by atoms with Crippen LogP contribution in [0.4, 0.5) is 0 Å². The number of aromatic nitrogens is 3. The predicted octanol–water partition coefficient (Wildman–Crippen LogP) is 1.60. The van der Waals surface area contributed by atoms with Crippen LogP contribution in [0.1, 0.15) is 25.2 Å². The van der Waals surface area contributed by atoms with Gasteiger partial charge in [-0.1, -0.05) is 19.9 Å². The van der Waals surface area contributed by atoms with Crippen molar-refractivity contribution in [1.29, 1.82) is 0 Å². The Balaban J connectivity index is 0.00000242. The molecule has 2 aromatic rings. The molecule has 3 N–H and O–H groups in total. The molecule has 0 aromatic carbocycles. The van der Waals surface area contributed by atoms with E-state index in [-0.39, 0.29) is 24.2 Å². The maximum absolute atomic E-state index is 11.8. The zero-order chi connectivity index (χ0) is 15.4. The molecule has 0 bridgehead atoms. The standard InChI is InChI=1S/C15H21N5O.ClH/c1-10(2)14(16)15(21)19-9-12-4-5-13(18-8-12)20-7-6-17-11(20)3;/h4-8,10,14H,9,16H2,1-3H3,(H,19,21);1H/t14-;/m0./s1. The van der Waals surface area contributed by atoms with Gasteiger partial charge in [0.2, 0.25) is 5.91 Å². The first-order chi connectivity index (χ1) is 9.99. The normalized spacial score (nSPS) is 11.9. The van der Waals surface area contributed by atoms with E-state index in [4.69, 9.17) is 5.73 Å². The molecular formula is C15H22ClN5O. The molecule has 0 radical (unpaired) electrons. The third-order valence-electron chi connectivity index (χ3n) is 3.37. The predicted molar refractivity (Wildman–Crippen MR) is 88.0 cm³/mol. The molecule has 7 heteroatoms. The van der Waals surface area contributed by atoms with Gasteiger partial charge in [0.1, 0.15) is 11.6 Å². The lowest BCUT2D eigenvalue weighted by Gasteiger charge is -2.15. The lowest BCUT2D eigenvalue weighted by Crippen LogP contribution is -2.43. The Morgan fingerprint density at radius 2 is 2.09 bits per heavy atom. The van der Waals surface area contributed by atoms with Crippen LogP contribution in [0.2, 0.25) is 0 Å². The highest BCUT2D eigenvalue weighted by atomic mass is 35.5. The van der Waals surface area contributed by atoms with Gasteiger partial charge in [-0.3, -0.25) is 9.36 Å². The molecule has 0 fully saturated rings. The number of nitrogens with two attached hydrogens (primary N) is 1. The number of pyridine rings is 1. The molecule has 2 heterocycles. The molecule has 0 spiro atoms. The number of rotatable bonds is 5. The van der Waals surface area contributed by atoms with Gasteiger partial charge in [-0.05, 0) is 24.5 Å². The highest BCUT2D eigenvalue weighted by Crippen LogP contribution is 2.08. The Kier molecular flexibility index (Phi) is 6.52. The van der Waals surface area contributed by atoms with E-state index >= 15 is 0 Å².